The summed E-state index contributed by atoms with van der Waals surface area (Å²) in [6.07, 6.45) is 7.45. The summed E-state index contributed by atoms with van der Waals surface area (Å²) in [5, 5.41) is 0. The van der Waals surface area contributed by atoms with E-state index in [9.17, 15) is 14.4 Å². The Morgan fingerprint density at radius 3 is 2.32 bits per heavy atom. The molecule has 1 saturated carbocycles. The molecule has 2 fully saturated rings. The van der Waals surface area contributed by atoms with Crippen molar-refractivity contribution in [3.8, 4) is 0 Å². The average molecular weight is 380 g/mol. The highest BCUT2D eigenvalue weighted by atomic mass is 16.3. The molecule has 0 N–H and O–H groups in total. The van der Waals surface area contributed by atoms with Crippen molar-refractivity contribution in [2.24, 2.45) is 0 Å². The Hall–Kier alpha value is -2.89. The molecule has 1 atom stereocenters. The lowest BCUT2D eigenvalue weighted by molar-refractivity contribution is -0.123. The van der Waals surface area contributed by atoms with Crippen LogP contribution in [0.15, 0.2) is 53.1 Å². The van der Waals surface area contributed by atoms with Gasteiger partial charge in [0.15, 0.2) is 5.76 Å². The van der Waals surface area contributed by atoms with Crippen LogP contribution in [0.3, 0.4) is 0 Å². The van der Waals surface area contributed by atoms with Crippen molar-refractivity contribution in [3.05, 3.63) is 54.5 Å². The minimum Gasteiger partial charge on any atom is -0.459 e. The molecule has 2 aromatic rings. The van der Waals surface area contributed by atoms with Crippen molar-refractivity contribution in [2.75, 3.05) is 4.90 Å². The molecular formula is C22H24N2O4. The van der Waals surface area contributed by atoms with E-state index in [1.54, 1.807) is 41.3 Å². The lowest BCUT2D eigenvalue weighted by Gasteiger charge is -2.34. The third-order valence-electron chi connectivity index (χ3n) is 5.66. The second-order valence-corrected chi connectivity index (χ2v) is 7.46. The van der Waals surface area contributed by atoms with Gasteiger partial charge in [-0.2, -0.15) is 0 Å². The predicted octanol–water partition coefficient (Wildman–Crippen LogP) is 3.78. The fourth-order valence-electron chi connectivity index (χ4n) is 4.31. The van der Waals surface area contributed by atoms with Gasteiger partial charge in [0.25, 0.3) is 11.8 Å². The highest BCUT2D eigenvalue weighted by Crippen LogP contribution is 2.31. The SMILES string of the molecule is O=C1CC(N(C(=O)c2ccco2)C2CCCCCC2)C(=O)N1c1ccccc1. The number of furan rings is 1. The zero-order chi connectivity index (χ0) is 19.5. The van der Waals surface area contributed by atoms with E-state index in [0.29, 0.717) is 5.69 Å². The third kappa shape index (κ3) is 3.46. The van der Waals surface area contributed by atoms with E-state index in [-0.39, 0.29) is 35.9 Å². The number of hydrogen-bond acceptors (Lipinski definition) is 4. The Morgan fingerprint density at radius 1 is 0.964 bits per heavy atom. The van der Waals surface area contributed by atoms with E-state index < -0.39 is 6.04 Å². The van der Waals surface area contributed by atoms with Crippen LogP contribution in [0.2, 0.25) is 0 Å². The Morgan fingerprint density at radius 2 is 1.68 bits per heavy atom. The predicted molar refractivity (Wildman–Crippen MR) is 104 cm³/mol. The van der Waals surface area contributed by atoms with E-state index >= 15 is 0 Å². The number of amides is 3. The van der Waals surface area contributed by atoms with E-state index in [1.165, 1.54) is 11.2 Å². The Bertz CT molecular complexity index is 839. The monoisotopic (exact) mass is 380 g/mol. The van der Waals surface area contributed by atoms with Gasteiger partial charge in [0.1, 0.15) is 6.04 Å². The molecule has 0 spiro atoms. The second kappa shape index (κ2) is 8.00. The van der Waals surface area contributed by atoms with Crippen molar-refractivity contribution in [3.63, 3.8) is 0 Å². The number of rotatable bonds is 4. The maximum Gasteiger partial charge on any atom is 0.290 e. The maximum absolute atomic E-state index is 13.3. The van der Waals surface area contributed by atoms with Gasteiger partial charge in [-0.25, -0.2) is 4.90 Å². The fraction of sp³-hybridized carbons (Fsp3) is 0.409. The van der Waals surface area contributed by atoms with Gasteiger partial charge in [-0.3, -0.25) is 14.4 Å². The summed E-state index contributed by atoms with van der Waals surface area (Å²) in [5.41, 5.74) is 0.547. The number of hydrogen-bond donors (Lipinski definition) is 0. The Balaban J connectivity index is 1.67. The zero-order valence-electron chi connectivity index (χ0n) is 15.8. The maximum atomic E-state index is 13.3. The molecule has 1 aromatic heterocycles. The minimum absolute atomic E-state index is 0.0106. The van der Waals surface area contributed by atoms with Crippen LogP contribution in [0.4, 0.5) is 5.69 Å². The molecule has 1 aliphatic heterocycles. The summed E-state index contributed by atoms with van der Waals surface area (Å²) < 4.78 is 5.33. The van der Waals surface area contributed by atoms with Crippen molar-refractivity contribution >= 4 is 23.4 Å². The van der Waals surface area contributed by atoms with Gasteiger partial charge >= 0.3 is 0 Å². The molecule has 6 nitrogen and oxygen atoms in total. The van der Waals surface area contributed by atoms with E-state index in [4.69, 9.17) is 4.42 Å². The molecule has 0 bridgehead atoms. The van der Waals surface area contributed by atoms with Crippen molar-refractivity contribution in [1.82, 2.24) is 4.90 Å². The summed E-state index contributed by atoms with van der Waals surface area (Å²) in [5.74, 6) is -0.701. The molecule has 1 aliphatic carbocycles. The molecule has 0 radical (unpaired) electrons. The van der Waals surface area contributed by atoms with Crippen molar-refractivity contribution in [1.29, 1.82) is 0 Å². The average Bonchev–Trinajstić information content (AvgIpc) is 3.24. The zero-order valence-corrected chi connectivity index (χ0v) is 15.8. The number of para-hydroxylation sites is 1. The van der Waals surface area contributed by atoms with Crippen molar-refractivity contribution in [2.45, 2.75) is 57.0 Å². The van der Waals surface area contributed by atoms with Crippen LogP contribution in [-0.2, 0) is 9.59 Å². The van der Waals surface area contributed by atoms with Crippen LogP contribution >= 0.6 is 0 Å². The summed E-state index contributed by atoms with van der Waals surface area (Å²) in [6, 6.07) is 11.3. The topological polar surface area (TPSA) is 70.8 Å². The van der Waals surface area contributed by atoms with Crippen LogP contribution in [-0.4, -0.2) is 34.7 Å². The number of imide groups is 1. The first-order valence-electron chi connectivity index (χ1n) is 9.95. The number of carbonyl (C=O) groups is 3. The van der Waals surface area contributed by atoms with Gasteiger partial charge in [-0.15, -0.1) is 0 Å². The van der Waals surface area contributed by atoms with Crippen molar-refractivity contribution < 1.29 is 18.8 Å². The van der Waals surface area contributed by atoms with Gasteiger partial charge in [0.2, 0.25) is 5.91 Å². The number of anilines is 1. The largest absolute Gasteiger partial charge is 0.459 e. The first-order chi connectivity index (χ1) is 13.7. The summed E-state index contributed by atoms with van der Waals surface area (Å²) in [7, 11) is 0. The van der Waals surface area contributed by atoms with Crippen LogP contribution in [0.5, 0.6) is 0 Å². The Labute approximate surface area is 164 Å². The lowest BCUT2D eigenvalue weighted by atomic mass is 10.0. The summed E-state index contributed by atoms with van der Waals surface area (Å²) in [4.78, 5) is 42.0. The number of nitrogens with zero attached hydrogens (tertiary/aromatic N) is 2. The van der Waals surface area contributed by atoms with E-state index in [1.807, 2.05) is 6.07 Å². The normalized spacial score (nSPS) is 21.0. The third-order valence-corrected chi connectivity index (χ3v) is 5.66. The highest BCUT2D eigenvalue weighted by molar-refractivity contribution is 6.23. The van der Waals surface area contributed by atoms with Gasteiger partial charge < -0.3 is 9.32 Å². The molecule has 2 aliphatic rings. The van der Waals surface area contributed by atoms with Crippen LogP contribution in [0.25, 0.3) is 0 Å². The van der Waals surface area contributed by atoms with Gasteiger partial charge in [-0.1, -0.05) is 43.9 Å². The van der Waals surface area contributed by atoms with E-state index in [2.05, 4.69) is 0 Å². The van der Waals surface area contributed by atoms with Gasteiger partial charge in [0.05, 0.1) is 18.4 Å². The molecule has 3 amide bonds. The number of benzene rings is 1. The molecule has 6 heteroatoms. The summed E-state index contributed by atoms with van der Waals surface area (Å²) in [6.45, 7) is 0. The molecule has 1 saturated heterocycles. The Kier molecular flexibility index (Phi) is 5.28. The second-order valence-electron chi connectivity index (χ2n) is 7.46. The summed E-state index contributed by atoms with van der Waals surface area (Å²) >= 11 is 0. The van der Waals surface area contributed by atoms with Gasteiger partial charge in [-0.05, 0) is 37.1 Å². The first kappa shape index (κ1) is 18.5. The highest BCUT2D eigenvalue weighted by Gasteiger charge is 2.47. The van der Waals surface area contributed by atoms with E-state index in [0.717, 1.165) is 38.5 Å². The molecule has 2 heterocycles. The molecule has 1 unspecified atom stereocenters. The molecular weight excluding hydrogens is 356 g/mol. The standard InChI is InChI=1S/C22H24N2O4/c25-20-15-18(21(26)24(20)17-11-6-3-7-12-17)23(16-9-4-1-2-5-10-16)22(27)19-13-8-14-28-19/h3,6-8,11-14,16,18H,1-2,4-5,9-10,15H2. The van der Waals surface area contributed by atoms with Crippen LogP contribution in [0.1, 0.15) is 55.5 Å². The fourth-order valence-corrected chi connectivity index (χ4v) is 4.31. The van der Waals surface area contributed by atoms with Gasteiger partial charge in [0, 0.05) is 6.04 Å². The molecule has 4 rings (SSSR count). The van der Waals surface area contributed by atoms with Crippen LogP contribution < -0.4 is 4.90 Å². The smallest absolute Gasteiger partial charge is 0.290 e. The number of carbonyl (C=O) groups excluding carboxylic acids is 3. The first-order valence-corrected chi connectivity index (χ1v) is 9.95. The lowest BCUT2D eigenvalue weighted by Crippen LogP contribution is -2.50. The molecule has 1 aromatic carbocycles. The molecule has 146 valence electrons. The quantitative estimate of drug-likeness (QED) is 0.598. The minimum atomic E-state index is -0.784. The van der Waals surface area contributed by atoms with Crippen LogP contribution in [0, 0.1) is 0 Å². The molecule has 28 heavy (non-hydrogen) atoms.